The van der Waals surface area contributed by atoms with Crippen LogP contribution in [0.15, 0.2) is 18.2 Å². The number of nitro benzene ring substituents is 1. The summed E-state index contributed by atoms with van der Waals surface area (Å²) >= 11 is 3.22. The van der Waals surface area contributed by atoms with Crippen LogP contribution >= 0.6 is 15.9 Å². The molecule has 8 heteroatoms. The number of nitrogens with zero attached hydrogens (tertiary/aromatic N) is 3. The second kappa shape index (κ2) is 6.43. The SMILES string of the molecule is CC1CC(=O)N(C)c2ccc([N+](=O)[O-])cc2N1C(=O)CCBr. The average Bonchev–Trinajstić information content (AvgIpc) is 2.54. The number of non-ortho nitro benzene ring substituents is 1. The van der Waals surface area contributed by atoms with Gasteiger partial charge in [-0.1, -0.05) is 15.9 Å². The summed E-state index contributed by atoms with van der Waals surface area (Å²) in [6, 6.07) is 3.85. The fraction of sp³-hybridized carbons (Fsp3) is 0.429. The number of nitro groups is 1. The second-order valence-corrected chi connectivity index (χ2v) is 5.93. The van der Waals surface area contributed by atoms with E-state index in [9.17, 15) is 19.7 Å². The number of rotatable bonds is 3. The first-order chi connectivity index (χ1) is 10.4. The average molecular weight is 370 g/mol. The quantitative estimate of drug-likeness (QED) is 0.465. The number of carbonyl (C=O) groups is 2. The van der Waals surface area contributed by atoms with Crippen molar-refractivity contribution < 1.29 is 14.5 Å². The molecular formula is C14H16BrN3O4. The van der Waals surface area contributed by atoms with Crippen molar-refractivity contribution in [1.82, 2.24) is 0 Å². The number of halogens is 1. The molecule has 0 radical (unpaired) electrons. The first-order valence-electron chi connectivity index (χ1n) is 6.79. The van der Waals surface area contributed by atoms with Crippen LogP contribution in [0, 0.1) is 10.1 Å². The van der Waals surface area contributed by atoms with Crippen LogP contribution in [0.1, 0.15) is 19.8 Å². The van der Waals surface area contributed by atoms with Crippen LogP contribution in [-0.2, 0) is 9.59 Å². The molecule has 118 valence electrons. The molecule has 1 aromatic rings. The van der Waals surface area contributed by atoms with E-state index < -0.39 is 4.92 Å². The molecule has 2 amide bonds. The Morgan fingerprint density at radius 2 is 2.14 bits per heavy atom. The highest BCUT2D eigenvalue weighted by Gasteiger charge is 2.33. The van der Waals surface area contributed by atoms with Crippen LogP contribution in [-0.4, -0.2) is 35.2 Å². The molecule has 2 rings (SSSR count). The topological polar surface area (TPSA) is 83.8 Å². The van der Waals surface area contributed by atoms with Crippen molar-refractivity contribution in [2.75, 3.05) is 22.2 Å². The van der Waals surface area contributed by atoms with Gasteiger partial charge in [-0.25, -0.2) is 0 Å². The van der Waals surface area contributed by atoms with E-state index >= 15 is 0 Å². The first kappa shape index (κ1) is 16.4. The van der Waals surface area contributed by atoms with E-state index in [0.717, 1.165) is 0 Å². The summed E-state index contributed by atoms with van der Waals surface area (Å²) in [5, 5.41) is 11.5. The summed E-state index contributed by atoms with van der Waals surface area (Å²) in [4.78, 5) is 38.0. The monoisotopic (exact) mass is 369 g/mol. The summed E-state index contributed by atoms with van der Waals surface area (Å²) in [6.07, 6.45) is 0.428. The lowest BCUT2D eigenvalue weighted by Gasteiger charge is -2.27. The molecule has 0 bridgehead atoms. The van der Waals surface area contributed by atoms with Crippen molar-refractivity contribution >= 4 is 44.8 Å². The van der Waals surface area contributed by atoms with Crippen molar-refractivity contribution in [3.05, 3.63) is 28.3 Å². The minimum Gasteiger partial charge on any atom is -0.313 e. The summed E-state index contributed by atoms with van der Waals surface area (Å²) in [6.45, 7) is 1.77. The summed E-state index contributed by atoms with van der Waals surface area (Å²) in [5.41, 5.74) is 0.800. The zero-order chi connectivity index (χ0) is 16.4. The molecule has 1 aromatic carbocycles. The normalized spacial score (nSPS) is 18.0. The molecule has 7 nitrogen and oxygen atoms in total. The van der Waals surface area contributed by atoms with E-state index in [-0.39, 0.29) is 36.4 Å². The van der Waals surface area contributed by atoms with Gasteiger partial charge in [0.2, 0.25) is 11.8 Å². The lowest BCUT2D eigenvalue weighted by Crippen LogP contribution is -2.39. The fourth-order valence-electron chi connectivity index (χ4n) is 2.54. The molecular weight excluding hydrogens is 354 g/mol. The third kappa shape index (κ3) is 2.96. The maximum Gasteiger partial charge on any atom is 0.271 e. The van der Waals surface area contributed by atoms with Gasteiger partial charge in [0, 0.05) is 43.4 Å². The van der Waals surface area contributed by atoms with Gasteiger partial charge in [0.15, 0.2) is 0 Å². The number of alkyl halides is 1. The molecule has 0 N–H and O–H groups in total. The Bertz CT molecular complexity index is 635. The number of hydrogen-bond acceptors (Lipinski definition) is 4. The van der Waals surface area contributed by atoms with Crippen molar-refractivity contribution in [3.63, 3.8) is 0 Å². The van der Waals surface area contributed by atoms with Gasteiger partial charge in [0.05, 0.1) is 16.3 Å². The van der Waals surface area contributed by atoms with Crippen LogP contribution in [0.25, 0.3) is 0 Å². The zero-order valence-corrected chi connectivity index (χ0v) is 13.9. The van der Waals surface area contributed by atoms with E-state index in [0.29, 0.717) is 16.7 Å². The number of carbonyl (C=O) groups excluding carboxylic acids is 2. The van der Waals surface area contributed by atoms with Crippen molar-refractivity contribution in [2.24, 2.45) is 0 Å². The minimum atomic E-state index is -0.509. The van der Waals surface area contributed by atoms with Gasteiger partial charge in [-0.2, -0.15) is 0 Å². The Kier molecular flexibility index (Phi) is 4.80. The smallest absolute Gasteiger partial charge is 0.271 e. The Morgan fingerprint density at radius 3 is 2.73 bits per heavy atom. The Balaban J connectivity index is 2.61. The second-order valence-electron chi connectivity index (χ2n) is 5.14. The highest BCUT2D eigenvalue weighted by Crippen LogP contribution is 2.37. The van der Waals surface area contributed by atoms with E-state index in [4.69, 9.17) is 0 Å². The van der Waals surface area contributed by atoms with Crippen molar-refractivity contribution in [1.29, 1.82) is 0 Å². The summed E-state index contributed by atoms with van der Waals surface area (Å²) in [5.74, 6) is -0.300. The molecule has 1 aliphatic rings. The third-order valence-corrected chi connectivity index (χ3v) is 4.05. The van der Waals surface area contributed by atoms with Gasteiger partial charge in [0.1, 0.15) is 0 Å². The van der Waals surface area contributed by atoms with Crippen LogP contribution in [0.4, 0.5) is 17.1 Å². The lowest BCUT2D eigenvalue weighted by atomic mass is 10.1. The molecule has 0 aromatic heterocycles. The van der Waals surface area contributed by atoms with Crippen LogP contribution in [0.5, 0.6) is 0 Å². The molecule has 1 aliphatic heterocycles. The maximum absolute atomic E-state index is 12.4. The zero-order valence-electron chi connectivity index (χ0n) is 12.3. The van der Waals surface area contributed by atoms with Gasteiger partial charge >= 0.3 is 0 Å². The van der Waals surface area contributed by atoms with Gasteiger partial charge in [0.25, 0.3) is 5.69 Å². The van der Waals surface area contributed by atoms with E-state index in [1.54, 1.807) is 14.0 Å². The molecule has 1 unspecified atom stereocenters. The number of fused-ring (bicyclic) bond motifs is 1. The predicted octanol–water partition coefficient (Wildman–Crippen LogP) is 2.47. The minimum absolute atomic E-state index is 0.106. The van der Waals surface area contributed by atoms with Crippen molar-refractivity contribution in [2.45, 2.75) is 25.8 Å². The first-order valence-corrected chi connectivity index (χ1v) is 7.92. The Hall–Kier alpha value is -1.96. The molecule has 0 spiro atoms. The standard InChI is InChI=1S/C14H16BrN3O4/c1-9-7-14(20)16(2)11-4-3-10(18(21)22)8-12(11)17(9)13(19)5-6-15/h3-4,8-9H,5-7H2,1-2H3. The van der Waals surface area contributed by atoms with Crippen LogP contribution in [0.3, 0.4) is 0 Å². The summed E-state index contributed by atoms with van der Waals surface area (Å²) in [7, 11) is 1.61. The van der Waals surface area contributed by atoms with Crippen LogP contribution < -0.4 is 9.80 Å². The van der Waals surface area contributed by atoms with Gasteiger partial charge in [-0.15, -0.1) is 0 Å². The lowest BCUT2D eigenvalue weighted by molar-refractivity contribution is -0.384. The molecule has 1 heterocycles. The highest BCUT2D eigenvalue weighted by atomic mass is 79.9. The van der Waals surface area contributed by atoms with E-state index in [1.807, 2.05) is 0 Å². The third-order valence-electron chi connectivity index (χ3n) is 3.65. The van der Waals surface area contributed by atoms with E-state index in [2.05, 4.69) is 15.9 Å². The molecule has 0 aliphatic carbocycles. The van der Waals surface area contributed by atoms with Gasteiger partial charge < -0.3 is 9.80 Å². The van der Waals surface area contributed by atoms with Crippen LogP contribution in [0.2, 0.25) is 0 Å². The molecule has 0 fully saturated rings. The van der Waals surface area contributed by atoms with Crippen molar-refractivity contribution in [3.8, 4) is 0 Å². The predicted molar refractivity (Wildman–Crippen MR) is 86.5 cm³/mol. The molecule has 22 heavy (non-hydrogen) atoms. The maximum atomic E-state index is 12.4. The van der Waals surface area contributed by atoms with Gasteiger partial charge in [-0.3, -0.25) is 19.7 Å². The van der Waals surface area contributed by atoms with E-state index in [1.165, 1.54) is 28.0 Å². The Morgan fingerprint density at radius 1 is 1.45 bits per heavy atom. The highest BCUT2D eigenvalue weighted by molar-refractivity contribution is 9.09. The largest absolute Gasteiger partial charge is 0.313 e. The number of amides is 2. The fourth-order valence-corrected chi connectivity index (χ4v) is 2.88. The number of anilines is 2. The summed E-state index contributed by atoms with van der Waals surface area (Å²) < 4.78 is 0. The Labute approximate surface area is 136 Å². The number of benzene rings is 1. The molecule has 0 saturated heterocycles. The van der Waals surface area contributed by atoms with Gasteiger partial charge in [-0.05, 0) is 13.0 Å². The molecule has 0 saturated carbocycles. The molecule has 1 atom stereocenters. The number of hydrogen-bond donors (Lipinski definition) is 0.